The SMILES string of the molecule is COc1ccc(CNCCC(=O)Nc2c(Cl)cccc2Cl)cc1. The molecule has 122 valence electrons. The lowest BCUT2D eigenvalue weighted by Crippen LogP contribution is -2.21. The van der Waals surface area contributed by atoms with Crippen molar-refractivity contribution in [3.05, 3.63) is 58.1 Å². The smallest absolute Gasteiger partial charge is 0.225 e. The Morgan fingerprint density at radius 3 is 2.35 bits per heavy atom. The van der Waals surface area contributed by atoms with Gasteiger partial charge in [-0.3, -0.25) is 4.79 Å². The van der Waals surface area contributed by atoms with Crippen molar-refractivity contribution in [2.24, 2.45) is 0 Å². The summed E-state index contributed by atoms with van der Waals surface area (Å²) in [6, 6.07) is 12.9. The van der Waals surface area contributed by atoms with Gasteiger partial charge in [0, 0.05) is 19.5 Å². The zero-order valence-electron chi connectivity index (χ0n) is 12.7. The summed E-state index contributed by atoms with van der Waals surface area (Å²) in [4.78, 5) is 11.9. The van der Waals surface area contributed by atoms with Crippen molar-refractivity contribution in [3.63, 3.8) is 0 Å². The molecule has 0 aliphatic rings. The van der Waals surface area contributed by atoms with Gasteiger partial charge in [0.15, 0.2) is 0 Å². The van der Waals surface area contributed by atoms with Crippen LogP contribution in [-0.4, -0.2) is 19.6 Å². The molecule has 0 heterocycles. The van der Waals surface area contributed by atoms with Crippen LogP contribution < -0.4 is 15.4 Å². The number of nitrogens with one attached hydrogen (secondary N) is 2. The van der Waals surface area contributed by atoms with Gasteiger partial charge in [0.25, 0.3) is 0 Å². The van der Waals surface area contributed by atoms with Crippen molar-refractivity contribution in [3.8, 4) is 5.75 Å². The Labute approximate surface area is 145 Å². The first-order valence-corrected chi connectivity index (χ1v) is 7.93. The molecule has 0 saturated heterocycles. The number of hydrogen-bond donors (Lipinski definition) is 2. The molecule has 2 aromatic rings. The molecule has 6 heteroatoms. The van der Waals surface area contributed by atoms with E-state index in [0.29, 0.717) is 35.2 Å². The van der Waals surface area contributed by atoms with Gasteiger partial charge < -0.3 is 15.4 Å². The molecule has 0 unspecified atom stereocenters. The lowest BCUT2D eigenvalue weighted by atomic mass is 10.2. The molecule has 23 heavy (non-hydrogen) atoms. The Hall–Kier alpha value is -1.75. The molecule has 0 atom stereocenters. The summed E-state index contributed by atoms with van der Waals surface area (Å²) in [5.41, 5.74) is 1.58. The summed E-state index contributed by atoms with van der Waals surface area (Å²) in [6.45, 7) is 1.24. The van der Waals surface area contributed by atoms with E-state index in [1.807, 2.05) is 24.3 Å². The molecular formula is C17H18Cl2N2O2. The van der Waals surface area contributed by atoms with Crippen LogP contribution in [0.1, 0.15) is 12.0 Å². The third kappa shape index (κ3) is 5.43. The standard InChI is InChI=1S/C17H18Cl2N2O2/c1-23-13-7-5-12(6-8-13)11-20-10-9-16(22)21-17-14(18)3-2-4-15(17)19/h2-8,20H,9-11H2,1H3,(H,21,22). The number of halogens is 2. The number of hydrogen-bond acceptors (Lipinski definition) is 3. The van der Waals surface area contributed by atoms with Gasteiger partial charge in [-0.15, -0.1) is 0 Å². The van der Waals surface area contributed by atoms with Gasteiger partial charge in [-0.2, -0.15) is 0 Å². The third-order valence-electron chi connectivity index (χ3n) is 3.24. The molecule has 0 radical (unpaired) electrons. The maximum Gasteiger partial charge on any atom is 0.225 e. The molecular weight excluding hydrogens is 335 g/mol. The number of benzene rings is 2. The molecule has 0 fully saturated rings. The highest BCUT2D eigenvalue weighted by molar-refractivity contribution is 6.39. The van der Waals surface area contributed by atoms with Crippen molar-refractivity contribution >= 4 is 34.8 Å². The number of anilines is 1. The van der Waals surface area contributed by atoms with E-state index >= 15 is 0 Å². The lowest BCUT2D eigenvalue weighted by molar-refractivity contribution is -0.116. The summed E-state index contributed by atoms with van der Waals surface area (Å²) in [7, 11) is 1.64. The van der Waals surface area contributed by atoms with Crippen molar-refractivity contribution < 1.29 is 9.53 Å². The Kier molecular flexibility index (Phi) is 6.71. The van der Waals surface area contributed by atoms with Crippen LogP contribution in [0.15, 0.2) is 42.5 Å². The molecule has 2 N–H and O–H groups in total. The predicted molar refractivity (Wildman–Crippen MR) is 94.4 cm³/mol. The van der Waals surface area contributed by atoms with Crippen LogP contribution in [0.4, 0.5) is 5.69 Å². The molecule has 0 aromatic heterocycles. The molecule has 2 rings (SSSR count). The van der Waals surface area contributed by atoms with E-state index in [1.165, 1.54) is 0 Å². The van der Waals surface area contributed by atoms with Gasteiger partial charge in [0.1, 0.15) is 5.75 Å². The average Bonchev–Trinajstić information content (AvgIpc) is 2.56. The van der Waals surface area contributed by atoms with Crippen LogP contribution in [0.5, 0.6) is 5.75 Å². The number of carbonyl (C=O) groups excluding carboxylic acids is 1. The highest BCUT2D eigenvalue weighted by atomic mass is 35.5. The highest BCUT2D eigenvalue weighted by Crippen LogP contribution is 2.29. The normalized spacial score (nSPS) is 10.4. The number of ether oxygens (including phenoxy) is 1. The zero-order chi connectivity index (χ0) is 16.7. The largest absolute Gasteiger partial charge is 0.497 e. The summed E-state index contributed by atoms with van der Waals surface area (Å²) in [5.74, 6) is 0.687. The van der Waals surface area contributed by atoms with E-state index in [1.54, 1.807) is 25.3 Å². The summed E-state index contributed by atoms with van der Waals surface area (Å²) >= 11 is 12.0. The molecule has 0 aliphatic carbocycles. The third-order valence-corrected chi connectivity index (χ3v) is 3.87. The van der Waals surface area contributed by atoms with Crippen molar-refractivity contribution in [2.75, 3.05) is 19.0 Å². The first-order valence-electron chi connectivity index (χ1n) is 7.17. The fourth-order valence-electron chi connectivity index (χ4n) is 2.00. The monoisotopic (exact) mass is 352 g/mol. The second-order valence-corrected chi connectivity index (χ2v) is 5.73. The molecule has 0 spiro atoms. The van der Waals surface area contributed by atoms with Gasteiger partial charge in [-0.25, -0.2) is 0 Å². The summed E-state index contributed by atoms with van der Waals surface area (Å²) < 4.78 is 5.11. The van der Waals surface area contributed by atoms with E-state index in [2.05, 4.69) is 10.6 Å². The van der Waals surface area contributed by atoms with Crippen molar-refractivity contribution in [1.82, 2.24) is 5.32 Å². The minimum Gasteiger partial charge on any atom is -0.497 e. The van der Waals surface area contributed by atoms with E-state index in [0.717, 1.165) is 11.3 Å². The molecule has 0 aliphatic heterocycles. The van der Waals surface area contributed by atoms with Crippen LogP contribution >= 0.6 is 23.2 Å². The van der Waals surface area contributed by atoms with Crippen LogP contribution in [0, 0.1) is 0 Å². The predicted octanol–water partition coefficient (Wildman–Crippen LogP) is 4.12. The minimum atomic E-state index is -0.137. The van der Waals surface area contributed by atoms with Crippen LogP contribution in [-0.2, 0) is 11.3 Å². The van der Waals surface area contributed by atoms with Gasteiger partial charge >= 0.3 is 0 Å². The van der Waals surface area contributed by atoms with Gasteiger partial charge in [-0.05, 0) is 29.8 Å². The van der Waals surface area contributed by atoms with Crippen molar-refractivity contribution in [1.29, 1.82) is 0 Å². The lowest BCUT2D eigenvalue weighted by Gasteiger charge is -2.09. The Morgan fingerprint density at radius 2 is 1.74 bits per heavy atom. The van der Waals surface area contributed by atoms with Gasteiger partial charge in [0.2, 0.25) is 5.91 Å². The molecule has 2 aromatic carbocycles. The van der Waals surface area contributed by atoms with E-state index in [-0.39, 0.29) is 5.91 Å². The Balaban J connectivity index is 1.74. The number of amides is 1. The maximum absolute atomic E-state index is 11.9. The number of rotatable bonds is 7. The molecule has 1 amide bonds. The molecule has 0 saturated carbocycles. The maximum atomic E-state index is 11.9. The second-order valence-electron chi connectivity index (χ2n) is 4.92. The second kappa shape index (κ2) is 8.77. The minimum absolute atomic E-state index is 0.137. The number of para-hydroxylation sites is 1. The number of carbonyl (C=O) groups is 1. The Bertz CT molecular complexity index is 640. The Morgan fingerprint density at radius 1 is 1.09 bits per heavy atom. The van der Waals surface area contributed by atoms with Crippen LogP contribution in [0.25, 0.3) is 0 Å². The fourth-order valence-corrected chi connectivity index (χ4v) is 2.49. The van der Waals surface area contributed by atoms with E-state index < -0.39 is 0 Å². The first kappa shape index (κ1) is 17.6. The van der Waals surface area contributed by atoms with Crippen molar-refractivity contribution in [2.45, 2.75) is 13.0 Å². The van der Waals surface area contributed by atoms with Crippen LogP contribution in [0.2, 0.25) is 10.0 Å². The van der Waals surface area contributed by atoms with E-state index in [9.17, 15) is 4.79 Å². The summed E-state index contributed by atoms with van der Waals surface area (Å²) in [6.07, 6.45) is 0.331. The zero-order valence-corrected chi connectivity index (χ0v) is 14.2. The average molecular weight is 353 g/mol. The topological polar surface area (TPSA) is 50.4 Å². The van der Waals surface area contributed by atoms with Gasteiger partial charge in [-0.1, -0.05) is 41.4 Å². The molecule has 4 nitrogen and oxygen atoms in total. The summed E-state index contributed by atoms with van der Waals surface area (Å²) in [5, 5.41) is 6.81. The first-order chi connectivity index (χ1) is 11.1. The molecule has 0 bridgehead atoms. The fraction of sp³-hybridized carbons (Fsp3) is 0.235. The quantitative estimate of drug-likeness (QED) is 0.737. The highest BCUT2D eigenvalue weighted by Gasteiger charge is 2.09. The number of methoxy groups -OCH3 is 1. The van der Waals surface area contributed by atoms with Gasteiger partial charge in [0.05, 0.1) is 22.8 Å². The van der Waals surface area contributed by atoms with Crippen LogP contribution in [0.3, 0.4) is 0 Å². The van der Waals surface area contributed by atoms with E-state index in [4.69, 9.17) is 27.9 Å².